The molecule has 2 aliphatic heterocycles. The molecule has 288 valence electrons. The number of hydrogen-bond donors (Lipinski definition) is 6. The van der Waals surface area contributed by atoms with Crippen LogP contribution in [0.15, 0.2) is 64.7 Å². The van der Waals surface area contributed by atoms with E-state index in [-0.39, 0.29) is 17.5 Å². The minimum Gasteiger partial charge on any atom is -0.461 e. The van der Waals surface area contributed by atoms with E-state index in [0.29, 0.717) is 11.1 Å². The topological polar surface area (TPSA) is 249 Å². The van der Waals surface area contributed by atoms with E-state index in [9.17, 15) is 24.1 Å². The smallest absolute Gasteiger partial charge is 0.461 e. The fourth-order valence-electron chi connectivity index (χ4n) is 6.67. The molecule has 0 spiro atoms. The van der Waals surface area contributed by atoms with Crippen molar-refractivity contribution in [2.75, 3.05) is 20.4 Å². The molecule has 6 rings (SSSR count). The number of aliphatic hydroxyl groups excluding tert-OH is 2. The lowest BCUT2D eigenvalue weighted by atomic mass is 9.92. The van der Waals surface area contributed by atoms with E-state index < -0.39 is 71.0 Å². The quantitative estimate of drug-likeness (QED) is 0.0782. The summed E-state index contributed by atoms with van der Waals surface area (Å²) >= 11 is 0. The van der Waals surface area contributed by atoms with Crippen LogP contribution in [0.5, 0.6) is 5.75 Å². The number of ether oxygens (including phenoxy) is 2. The Labute approximate surface area is 305 Å². The van der Waals surface area contributed by atoms with Gasteiger partial charge in [-0.3, -0.25) is 18.8 Å². The van der Waals surface area contributed by atoms with Crippen LogP contribution in [0.25, 0.3) is 10.8 Å². The Balaban J connectivity index is 1.24. The van der Waals surface area contributed by atoms with Gasteiger partial charge >= 0.3 is 21.5 Å². The van der Waals surface area contributed by atoms with Gasteiger partial charge in [-0.15, -0.1) is 0 Å². The first kappa shape index (κ1) is 39.2. The monoisotopic (exact) mass is 778 g/mol. The number of nitrogens with one attached hydrogen (secondary N) is 1. The van der Waals surface area contributed by atoms with Crippen LogP contribution in [0, 0.1) is 0 Å². The number of phosphoric acid groups is 1. The zero-order valence-corrected chi connectivity index (χ0v) is 30.9. The molecule has 1 aliphatic carbocycles. The summed E-state index contributed by atoms with van der Waals surface area (Å²) in [5.74, 6) is -0.418. The molecule has 1 saturated carbocycles. The predicted octanol–water partition coefficient (Wildman–Crippen LogP) is 2.85. The van der Waals surface area contributed by atoms with E-state index in [4.69, 9.17) is 34.0 Å². The first-order chi connectivity index (χ1) is 25.2. The van der Waals surface area contributed by atoms with Crippen molar-refractivity contribution in [2.24, 2.45) is 15.8 Å². The van der Waals surface area contributed by atoms with E-state index in [0.717, 1.165) is 37.5 Å². The largest absolute Gasteiger partial charge is 0.471 e. The second kappa shape index (κ2) is 16.1. The van der Waals surface area contributed by atoms with Crippen molar-refractivity contribution in [3.63, 3.8) is 0 Å². The van der Waals surface area contributed by atoms with Gasteiger partial charge in [0.25, 0.3) is 0 Å². The molecule has 7 N–H and O–H groups in total. The first-order valence-corrected chi connectivity index (χ1v) is 20.2. The first-order valence-electron chi connectivity index (χ1n) is 17.1. The molecule has 0 amide bonds. The molecular weight excluding hydrogens is 734 g/mol. The lowest BCUT2D eigenvalue weighted by Crippen LogP contribution is -2.45. The second-order valence-corrected chi connectivity index (χ2v) is 16.0. The molecule has 2 aromatic carbocycles. The number of fused-ring (bicyclic) bond motifs is 2. The lowest BCUT2D eigenvalue weighted by Gasteiger charge is -2.33. The number of nitrogens with two attached hydrogens (primary N) is 1. The summed E-state index contributed by atoms with van der Waals surface area (Å²) < 4.78 is 55.7. The molecule has 0 bridgehead atoms. The van der Waals surface area contributed by atoms with E-state index in [2.05, 4.69) is 19.7 Å². The van der Waals surface area contributed by atoms with Gasteiger partial charge in [0.05, 0.1) is 18.0 Å². The van der Waals surface area contributed by atoms with Crippen molar-refractivity contribution < 1.29 is 57.0 Å². The minimum atomic E-state index is -4.80. The minimum absolute atomic E-state index is 0.196. The zero-order chi connectivity index (χ0) is 38.0. The summed E-state index contributed by atoms with van der Waals surface area (Å²) in [6, 6.07) is 14.4. The highest BCUT2D eigenvalue weighted by Gasteiger charge is 2.57. The van der Waals surface area contributed by atoms with Crippen LogP contribution in [-0.4, -0.2) is 98.9 Å². The fourth-order valence-corrected chi connectivity index (χ4v) is 8.47. The van der Waals surface area contributed by atoms with Crippen LogP contribution in [0.3, 0.4) is 0 Å². The number of carbonyl (C=O) groups is 1. The van der Waals surface area contributed by atoms with Crippen LogP contribution in [0.2, 0.25) is 0 Å². The standard InChI is InChI=1S/C33H44N6O12P2/c1-21(32(42)49-23-11-4-3-5-12-23)37-52(43,51-26-14-8-10-22-9-6-7-13-24(22)26)47-17-27-29(40)30(41)33(50-27,18-35-2)28-16-15-25-31(34)38(19-36-39(25)28)20-48-53(44,45)46/h6-10,13-16,18-19,21,23,27,29-31,40-41H,3-5,11-12,17,20,34H2,1-2H3,(H,37,43)(H2,44,45,46)/b35-18-/t21-,27+,29+,30+,31?,33-,52?/m0/s1. The number of aromatic nitrogens is 1. The molecule has 3 aromatic rings. The van der Waals surface area contributed by atoms with E-state index >= 15 is 0 Å². The van der Waals surface area contributed by atoms with Crippen molar-refractivity contribution in [2.45, 2.75) is 81.3 Å². The van der Waals surface area contributed by atoms with Crippen molar-refractivity contribution in [1.82, 2.24) is 14.7 Å². The highest BCUT2D eigenvalue weighted by atomic mass is 31.2. The maximum atomic E-state index is 14.6. The molecule has 7 atom stereocenters. The third kappa shape index (κ3) is 8.58. The summed E-state index contributed by atoms with van der Waals surface area (Å²) in [6.45, 7) is 0.336. The number of hydrogen-bond acceptors (Lipinski definition) is 14. The number of rotatable bonds is 14. The van der Waals surface area contributed by atoms with Gasteiger partial charge in [-0.2, -0.15) is 10.2 Å². The number of nitrogens with zero attached hydrogens (tertiary/aromatic N) is 4. The van der Waals surface area contributed by atoms with Crippen LogP contribution < -0.4 is 15.3 Å². The SMILES string of the molecule is C/N=C\[C@@]1(c2ccc3n2N=CN(COP(=O)(O)O)C3N)O[C@H](COP(=O)(N[C@@H](C)C(=O)OC2CCCCC2)Oc2cccc3ccccc23)[C@@H](O)[C@H]1O. The number of aliphatic imine (C=N–C) groups is 1. The number of aliphatic hydroxyl groups is 2. The molecular formula is C33H44N6O12P2. The van der Waals surface area contributed by atoms with Crippen molar-refractivity contribution in [3.8, 4) is 5.75 Å². The van der Waals surface area contributed by atoms with Gasteiger partial charge in [0.15, 0.2) is 5.60 Å². The summed E-state index contributed by atoms with van der Waals surface area (Å²) in [7, 11) is -7.81. The fraction of sp³-hybridized carbons (Fsp3) is 0.485. The Kier molecular flexibility index (Phi) is 11.9. The van der Waals surface area contributed by atoms with Gasteiger partial charge in [0.1, 0.15) is 55.4 Å². The summed E-state index contributed by atoms with van der Waals surface area (Å²) in [5.41, 5.74) is 5.04. The number of esters is 1. The van der Waals surface area contributed by atoms with E-state index in [1.807, 2.05) is 18.2 Å². The molecule has 53 heavy (non-hydrogen) atoms. The van der Waals surface area contributed by atoms with Crippen molar-refractivity contribution in [3.05, 3.63) is 66.0 Å². The Morgan fingerprint density at radius 2 is 1.85 bits per heavy atom. The Bertz CT molecular complexity index is 1930. The molecule has 2 unspecified atom stereocenters. The normalized spacial score (nSPS) is 26.8. The number of carbonyl (C=O) groups excluding carboxylic acids is 1. The molecule has 1 aromatic heterocycles. The van der Waals surface area contributed by atoms with Crippen LogP contribution in [0.1, 0.15) is 56.6 Å². The maximum absolute atomic E-state index is 14.6. The second-order valence-electron chi connectivity index (χ2n) is 13.1. The zero-order valence-electron chi connectivity index (χ0n) is 29.1. The van der Waals surface area contributed by atoms with Gasteiger partial charge in [-0.25, -0.2) is 13.8 Å². The molecule has 20 heteroatoms. The molecule has 1 saturated heterocycles. The van der Waals surface area contributed by atoms with E-state index in [1.165, 1.54) is 42.2 Å². The summed E-state index contributed by atoms with van der Waals surface area (Å²) in [4.78, 5) is 36.7. The Morgan fingerprint density at radius 1 is 1.11 bits per heavy atom. The van der Waals surface area contributed by atoms with Crippen LogP contribution in [0.4, 0.5) is 0 Å². The van der Waals surface area contributed by atoms with Crippen molar-refractivity contribution in [1.29, 1.82) is 0 Å². The Hall–Kier alpha value is -3.51. The number of phosphoric ester groups is 1. The van der Waals surface area contributed by atoms with E-state index in [1.54, 1.807) is 30.3 Å². The molecule has 2 fully saturated rings. The molecule has 3 heterocycles. The highest BCUT2D eigenvalue weighted by molar-refractivity contribution is 7.52. The third-order valence-electron chi connectivity index (χ3n) is 9.36. The van der Waals surface area contributed by atoms with Gasteiger partial charge in [0, 0.05) is 18.6 Å². The van der Waals surface area contributed by atoms with Crippen molar-refractivity contribution >= 4 is 44.9 Å². The molecule has 3 aliphatic rings. The van der Waals surface area contributed by atoms with Crippen LogP contribution in [-0.2, 0) is 38.0 Å². The van der Waals surface area contributed by atoms with Gasteiger partial charge < -0.3 is 44.6 Å². The average molecular weight is 779 g/mol. The predicted molar refractivity (Wildman–Crippen MR) is 192 cm³/mol. The molecule has 18 nitrogen and oxygen atoms in total. The van der Waals surface area contributed by atoms with Gasteiger partial charge in [-0.1, -0.05) is 42.8 Å². The molecule has 0 radical (unpaired) electrons. The Morgan fingerprint density at radius 3 is 2.58 bits per heavy atom. The third-order valence-corrected chi connectivity index (χ3v) is 11.4. The maximum Gasteiger partial charge on any atom is 0.471 e. The highest BCUT2D eigenvalue weighted by Crippen LogP contribution is 2.49. The average Bonchev–Trinajstić information content (AvgIpc) is 3.67. The number of benzene rings is 2. The lowest BCUT2D eigenvalue weighted by molar-refractivity contribution is -0.152. The van der Waals surface area contributed by atoms with Gasteiger partial charge in [-0.05, 0) is 56.2 Å². The van der Waals surface area contributed by atoms with Gasteiger partial charge in [0.2, 0.25) is 0 Å². The summed E-state index contributed by atoms with van der Waals surface area (Å²) in [5, 5.41) is 31.3. The summed E-state index contributed by atoms with van der Waals surface area (Å²) in [6.07, 6.45) is 1.10. The van der Waals surface area contributed by atoms with Crippen LogP contribution >= 0.6 is 15.6 Å².